The molecule has 0 aliphatic carbocycles. The van der Waals surface area contributed by atoms with Gasteiger partial charge in [-0.05, 0) is 34.7 Å². The van der Waals surface area contributed by atoms with Crippen LogP contribution >= 0.6 is 22.6 Å². The van der Waals surface area contributed by atoms with Crippen molar-refractivity contribution in [2.75, 3.05) is 11.5 Å². The predicted molar refractivity (Wildman–Crippen MR) is 76.9 cm³/mol. The molecule has 1 aromatic heterocycles. The zero-order chi connectivity index (χ0) is 13.8. The first-order valence-electron chi connectivity index (χ1n) is 5.24. The van der Waals surface area contributed by atoms with Crippen molar-refractivity contribution in [1.29, 1.82) is 0 Å². The average molecular weight is 371 g/mol. The Hall–Kier alpha value is -1.97. The molecule has 98 valence electrons. The lowest BCUT2D eigenvalue weighted by Crippen LogP contribution is -2.11. The van der Waals surface area contributed by atoms with E-state index >= 15 is 0 Å². The number of rotatable bonds is 3. The molecule has 0 bridgehead atoms. The zero-order valence-electron chi connectivity index (χ0n) is 9.71. The van der Waals surface area contributed by atoms with Crippen molar-refractivity contribution < 1.29 is 9.53 Å². The van der Waals surface area contributed by atoms with Gasteiger partial charge in [0.05, 0.1) is 5.56 Å². The highest BCUT2D eigenvalue weighted by molar-refractivity contribution is 14.1. The summed E-state index contributed by atoms with van der Waals surface area (Å²) in [5, 5.41) is 0. The Labute approximate surface area is 122 Å². The molecule has 8 heteroatoms. The monoisotopic (exact) mass is 371 g/mol. The van der Waals surface area contributed by atoms with E-state index in [0.29, 0.717) is 5.56 Å². The average Bonchev–Trinajstić information content (AvgIpc) is 2.35. The summed E-state index contributed by atoms with van der Waals surface area (Å²) in [6.45, 7) is -0.110. The number of anilines is 2. The number of aromatic nitrogens is 3. The molecular formula is C11H10IN5O2. The van der Waals surface area contributed by atoms with E-state index in [0.717, 1.165) is 3.57 Å². The molecule has 4 N–H and O–H groups in total. The molecule has 0 spiro atoms. The number of carbonyl (C=O) groups excluding carboxylic acids is 1. The summed E-state index contributed by atoms with van der Waals surface area (Å²) in [6.07, 6.45) is 0. The summed E-state index contributed by atoms with van der Waals surface area (Å²) in [6, 6.07) is 7.10. The van der Waals surface area contributed by atoms with Gasteiger partial charge in [0.2, 0.25) is 11.9 Å². The van der Waals surface area contributed by atoms with E-state index in [1.807, 2.05) is 12.1 Å². The molecule has 0 saturated heterocycles. The van der Waals surface area contributed by atoms with Gasteiger partial charge in [-0.3, -0.25) is 0 Å². The lowest BCUT2D eigenvalue weighted by molar-refractivity contribution is 0.0461. The van der Waals surface area contributed by atoms with Gasteiger partial charge in [0.25, 0.3) is 0 Å². The number of nitrogens with two attached hydrogens (primary N) is 2. The van der Waals surface area contributed by atoms with Crippen LogP contribution in [0.5, 0.6) is 0 Å². The second-order valence-corrected chi connectivity index (χ2v) is 4.69. The summed E-state index contributed by atoms with van der Waals surface area (Å²) >= 11 is 2.06. The summed E-state index contributed by atoms with van der Waals surface area (Å²) in [7, 11) is 0. The van der Waals surface area contributed by atoms with E-state index in [2.05, 4.69) is 37.5 Å². The third-order valence-corrected chi connectivity index (χ3v) is 3.08. The number of hydrogen-bond acceptors (Lipinski definition) is 7. The van der Waals surface area contributed by atoms with E-state index < -0.39 is 5.97 Å². The highest BCUT2D eigenvalue weighted by atomic mass is 127. The van der Waals surface area contributed by atoms with Crippen LogP contribution in [0.2, 0.25) is 0 Å². The minimum absolute atomic E-state index is 0.00663. The van der Waals surface area contributed by atoms with Gasteiger partial charge in [-0.2, -0.15) is 15.0 Å². The van der Waals surface area contributed by atoms with E-state index in [-0.39, 0.29) is 24.3 Å². The molecule has 0 radical (unpaired) electrons. The number of benzene rings is 1. The van der Waals surface area contributed by atoms with Crippen LogP contribution in [-0.4, -0.2) is 20.9 Å². The fraction of sp³-hybridized carbons (Fsp3) is 0.0909. The number of hydrogen-bond donors (Lipinski definition) is 2. The predicted octanol–water partition coefficient (Wildman–Crippen LogP) is 0.998. The van der Waals surface area contributed by atoms with Crippen molar-refractivity contribution in [3.05, 3.63) is 39.2 Å². The number of esters is 1. The van der Waals surface area contributed by atoms with Crippen LogP contribution in [0, 0.1) is 3.57 Å². The van der Waals surface area contributed by atoms with Crippen molar-refractivity contribution in [3.8, 4) is 0 Å². The lowest BCUT2D eigenvalue weighted by Gasteiger charge is -2.06. The molecule has 2 aromatic rings. The maximum atomic E-state index is 11.8. The molecule has 1 aromatic carbocycles. The summed E-state index contributed by atoms with van der Waals surface area (Å²) in [4.78, 5) is 23.1. The fourth-order valence-electron chi connectivity index (χ4n) is 1.36. The lowest BCUT2D eigenvalue weighted by atomic mass is 10.2. The van der Waals surface area contributed by atoms with Crippen LogP contribution in [-0.2, 0) is 11.3 Å². The van der Waals surface area contributed by atoms with E-state index in [9.17, 15) is 4.79 Å². The van der Waals surface area contributed by atoms with Crippen LogP contribution in [0.15, 0.2) is 24.3 Å². The van der Waals surface area contributed by atoms with Gasteiger partial charge in [-0.1, -0.05) is 12.1 Å². The van der Waals surface area contributed by atoms with Gasteiger partial charge in [0.1, 0.15) is 0 Å². The van der Waals surface area contributed by atoms with E-state index in [1.54, 1.807) is 12.1 Å². The normalized spacial score (nSPS) is 10.2. The minimum Gasteiger partial charge on any atom is -0.454 e. The van der Waals surface area contributed by atoms with Crippen molar-refractivity contribution in [1.82, 2.24) is 15.0 Å². The molecule has 0 unspecified atom stereocenters. The standard InChI is InChI=1S/C11H10IN5O2/c12-7-4-2-1-3-6(7)9(18)19-5-8-15-10(13)17-11(14)16-8/h1-4H,5H2,(H4,13,14,15,16,17). The zero-order valence-corrected chi connectivity index (χ0v) is 11.9. The second kappa shape index (κ2) is 5.78. The van der Waals surface area contributed by atoms with E-state index in [1.165, 1.54) is 0 Å². The summed E-state index contributed by atoms with van der Waals surface area (Å²) < 4.78 is 5.90. The maximum absolute atomic E-state index is 11.8. The van der Waals surface area contributed by atoms with Crippen LogP contribution in [0.3, 0.4) is 0 Å². The Balaban J connectivity index is 2.07. The highest BCUT2D eigenvalue weighted by Crippen LogP contribution is 2.13. The molecule has 0 atom stereocenters. The topological polar surface area (TPSA) is 117 Å². The third-order valence-electron chi connectivity index (χ3n) is 2.14. The number of nitrogen functional groups attached to an aromatic ring is 2. The second-order valence-electron chi connectivity index (χ2n) is 3.52. The fourth-order valence-corrected chi connectivity index (χ4v) is 1.96. The number of nitrogens with zero attached hydrogens (tertiary/aromatic N) is 3. The van der Waals surface area contributed by atoms with Crippen LogP contribution < -0.4 is 11.5 Å². The molecule has 0 fully saturated rings. The molecule has 0 aliphatic heterocycles. The van der Waals surface area contributed by atoms with Gasteiger partial charge in [-0.15, -0.1) is 0 Å². The first-order chi connectivity index (χ1) is 9.06. The van der Waals surface area contributed by atoms with Crippen molar-refractivity contribution in [2.24, 2.45) is 0 Å². The summed E-state index contributed by atoms with van der Waals surface area (Å²) in [5.41, 5.74) is 11.3. The Morgan fingerprint density at radius 1 is 1.16 bits per heavy atom. The van der Waals surface area contributed by atoms with Gasteiger partial charge in [-0.25, -0.2) is 4.79 Å². The first-order valence-corrected chi connectivity index (χ1v) is 6.31. The number of ether oxygens (including phenoxy) is 1. The molecule has 0 aliphatic rings. The number of carbonyl (C=O) groups is 1. The van der Waals surface area contributed by atoms with Crippen molar-refractivity contribution in [2.45, 2.75) is 6.61 Å². The maximum Gasteiger partial charge on any atom is 0.339 e. The van der Waals surface area contributed by atoms with E-state index in [4.69, 9.17) is 16.2 Å². The molecular weight excluding hydrogens is 361 g/mol. The SMILES string of the molecule is Nc1nc(N)nc(COC(=O)c2ccccc2I)n1. The number of halogens is 1. The Bertz CT molecular complexity index is 600. The molecule has 0 saturated carbocycles. The van der Waals surface area contributed by atoms with Crippen molar-refractivity contribution in [3.63, 3.8) is 0 Å². The van der Waals surface area contributed by atoms with Gasteiger partial charge in [0, 0.05) is 3.57 Å². The molecule has 1 heterocycles. The molecule has 7 nitrogen and oxygen atoms in total. The van der Waals surface area contributed by atoms with Crippen molar-refractivity contribution >= 4 is 40.5 Å². The Kier molecular flexibility index (Phi) is 4.10. The molecule has 19 heavy (non-hydrogen) atoms. The smallest absolute Gasteiger partial charge is 0.339 e. The Morgan fingerprint density at radius 3 is 2.42 bits per heavy atom. The third kappa shape index (κ3) is 3.50. The highest BCUT2D eigenvalue weighted by Gasteiger charge is 2.12. The van der Waals surface area contributed by atoms with Gasteiger partial charge in [0.15, 0.2) is 12.4 Å². The van der Waals surface area contributed by atoms with Crippen LogP contribution in [0.25, 0.3) is 0 Å². The largest absolute Gasteiger partial charge is 0.454 e. The van der Waals surface area contributed by atoms with Crippen LogP contribution in [0.4, 0.5) is 11.9 Å². The minimum atomic E-state index is -0.456. The van der Waals surface area contributed by atoms with Crippen LogP contribution in [0.1, 0.15) is 16.2 Å². The van der Waals surface area contributed by atoms with Gasteiger partial charge >= 0.3 is 5.97 Å². The van der Waals surface area contributed by atoms with Gasteiger partial charge < -0.3 is 16.2 Å². The quantitative estimate of drug-likeness (QED) is 0.611. The molecule has 2 rings (SSSR count). The molecule has 0 amide bonds. The Morgan fingerprint density at radius 2 is 1.79 bits per heavy atom. The first kappa shape index (κ1) is 13.5. The summed E-state index contributed by atoms with van der Waals surface area (Å²) in [5.74, 6) is -0.257.